The summed E-state index contributed by atoms with van der Waals surface area (Å²) in [5.74, 6) is 0. The minimum atomic E-state index is 1.06. The van der Waals surface area contributed by atoms with Crippen LogP contribution in [0.15, 0.2) is 72.8 Å². The zero-order chi connectivity index (χ0) is 19.7. The molecule has 0 saturated heterocycles. The molecule has 0 fully saturated rings. The fraction of sp³-hybridized carbons (Fsp3) is 0.214. The van der Waals surface area contributed by atoms with Crippen LogP contribution in [-0.4, -0.2) is 0 Å². The number of hydrogen-bond donors (Lipinski definition) is 0. The van der Waals surface area contributed by atoms with Gasteiger partial charge in [0.05, 0.1) is 0 Å². The van der Waals surface area contributed by atoms with Crippen LogP contribution in [0.5, 0.6) is 0 Å². The molecular formula is C28H28. The standard InChI is InChI=1S/C24H16.2C2H6/c1-4-8-21-15(5-1)9-10-17-12-19-13-22-18(14-23(19)24(17)21)11-16-6-2-3-7-20(16)22;2*1-2/h1-10,13-14H,11-12H2;2*1-2H3. The van der Waals surface area contributed by atoms with E-state index in [-0.39, 0.29) is 0 Å². The van der Waals surface area contributed by atoms with Crippen LogP contribution >= 0.6 is 0 Å². The number of fused-ring (bicyclic) bond motifs is 8. The summed E-state index contributed by atoms with van der Waals surface area (Å²) in [5, 5.41) is 2.73. The molecular weight excluding hydrogens is 336 g/mol. The molecule has 0 N–H and O–H groups in total. The van der Waals surface area contributed by atoms with Gasteiger partial charge in [0.2, 0.25) is 0 Å². The third kappa shape index (κ3) is 2.76. The summed E-state index contributed by atoms with van der Waals surface area (Å²) < 4.78 is 0. The summed E-state index contributed by atoms with van der Waals surface area (Å²) in [4.78, 5) is 0. The highest BCUT2D eigenvalue weighted by atomic mass is 14.3. The zero-order valence-corrected chi connectivity index (χ0v) is 17.3. The van der Waals surface area contributed by atoms with Crippen molar-refractivity contribution in [3.8, 4) is 22.3 Å². The van der Waals surface area contributed by atoms with Gasteiger partial charge in [-0.05, 0) is 80.3 Å². The van der Waals surface area contributed by atoms with Crippen LogP contribution in [0.25, 0.3) is 33.0 Å². The molecule has 0 amide bonds. The number of rotatable bonds is 0. The maximum atomic E-state index is 2.46. The van der Waals surface area contributed by atoms with Gasteiger partial charge in [0.15, 0.2) is 0 Å². The molecule has 0 atom stereocenters. The first-order valence-electron chi connectivity index (χ1n) is 10.6. The fourth-order valence-corrected chi connectivity index (χ4v) is 4.59. The first-order chi connectivity index (χ1) is 13.9. The average molecular weight is 365 g/mol. The minimum Gasteiger partial charge on any atom is -0.0683 e. The van der Waals surface area contributed by atoms with Crippen molar-refractivity contribution < 1.29 is 0 Å². The monoisotopic (exact) mass is 364 g/mol. The molecule has 0 saturated carbocycles. The van der Waals surface area contributed by atoms with Crippen LogP contribution in [-0.2, 0) is 12.8 Å². The predicted molar refractivity (Wildman–Crippen MR) is 123 cm³/mol. The molecule has 0 heteroatoms. The van der Waals surface area contributed by atoms with E-state index in [0.29, 0.717) is 0 Å². The van der Waals surface area contributed by atoms with Gasteiger partial charge in [0.25, 0.3) is 0 Å². The van der Waals surface area contributed by atoms with Gasteiger partial charge in [-0.2, -0.15) is 0 Å². The van der Waals surface area contributed by atoms with Crippen molar-refractivity contribution in [2.75, 3.05) is 0 Å². The molecule has 2 aliphatic rings. The van der Waals surface area contributed by atoms with E-state index in [1.54, 1.807) is 0 Å². The highest BCUT2D eigenvalue weighted by molar-refractivity contribution is 6.02. The molecule has 0 nitrogen and oxygen atoms in total. The van der Waals surface area contributed by atoms with E-state index in [2.05, 4.69) is 72.8 Å². The first-order valence-corrected chi connectivity index (χ1v) is 10.6. The predicted octanol–water partition coefficient (Wildman–Crippen LogP) is 8.03. The fourth-order valence-electron chi connectivity index (χ4n) is 4.59. The van der Waals surface area contributed by atoms with Crippen LogP contribution in [0.1, 0.15) is 49.9 Å². The Balaban J connectivity index is 0.000000454. The lowest BCUT2D eigenvalue weighted by molar-refractivity contribution is 1.24. The van der Waals surface area contributed by atoms with E-state index >= 15 is 0 Å². The molecule has 4 aromatic carbocycles. The Morgan fingerprint density at radius 3 is 2.00 bits per heavy atom. The molecule has 4 aromatic rings. The molecule has 0 radical (unpaired) electrons. The van der Waals surface area contributed by atoms with Gasteiger partial charge >= 0.3 is 0 Å². The Bertz CT molecular complexity index is 1150. The van der Waals surface area contributed by atoms with E-state index < -0.39 is 0 Å². The molecule has 0 heterocycles. The van der Waals surface area contributed by atoms with Crippen LogP contribution in [0.2, 0.25) is 0 Å². The van der Waals surface area contributed by atoms with Gasteiger partial charge < -0.3 is 0 Å². The maximum absolute atomic E-state index is 2.46. The highest BCUT2D eigenvalue weighted by Crippen LogP contribution is 2.46. The molecule has 0 spiro atoms. The molecule has 6 rings (SSSR count). The quantitative estimate of drug-likeness (QED) is 0.256. The molecule has 28 heavy (non-hydrogen) atoms. The van der Waals surface area contributed by atoms with Crippen LogP contribution in [0.4, 0.5) is 0 Å². The van der Waals surface area contributed by atoms with E-state index in [1.807, 2.05) is 27.7 Å². The third-order valence-electron chi connectivity index (χ3n) is 5.68. The summed E-state index contributed by atoms with van der Waals surface area (Å²) in [6.07, 6.45) is 2.13. The Kier molecular flexibility index (Phi) is 5.05. The molecule has 0 unspecified atom stereocenters. The van der Waals surface area contributed by atoms with Crippen molar-refractivity contribution in [3.05, 3.63) is 95.1 Å². The average Bonchev–Trinajstić information content (AvgIpc) is 3.32. The van der Waals surface area contributed by atoms with Crippen molar-refractivity contribution in [3.63, 3.8) is 0 Å². The number of hydrogen-bond acceptors (Lipinski definition) is 0. The van der Waals surface area contributed by atoms with Gasteiger partial charge in [-0.25, -0.2) is 0 Å². The lowest BCUT2D eigenvalue weighted by atomic mass is 9.95. The second-order valence-corrected chi connectivity index (χ2v) is 7.00. The summed E-state index contributed by atoms with van der Waals surface area (Å²) in [6.45, 7) is 8.00. The van der Waals surface area contributed by atoms with Crippen LogP contribution < -0.4 is 0 Å². The highest BCUT2D eigenvalue weighted by Gasteiger charge is 2.26. The smallest absolute Gasteiger partial charge is 0.00130 e. The molecule has 0 aliphatic heterocycles. The Labute approximate surface area is 168 Å². The second kappa shape index (κ2) is 7.64. The van der Waals surface area contributed by atoms with Crippen molar-refractivity contribution in [2.24, 2.45) is 0 Å². The van der Waals surface area contributed by atoms with Gasteiger partial charge in [0.1, 0.15) is 0 Å². The van der Waals surface area contributed by atoms with Crippen molar-refractivity contribution in [1.29, 1.82) is 0 Å². The zero-order valence-electron chi connectivity index (χ0n) is 17.3. The van der Waals surface area contributed by atoms with E-state index in [0.717, 1.165) is 12.8 Å². The van der Waals surface area contributed by atoms with Crippen LogP contribution in [0.3, 0.4) is 0 Å². The van der Waals surface area contributed by atoms with Gasteiger partial charge in [-0.15, -0.1) is 0 Å². The Morgan fingerprint density at radius 2 is 1.14 bits per heavy atom. The molecule has 0 bridgehead atoms. The lowest BCUT2D eigenvalue weighted by Gasteiger charge is -2.09. The number of benzene rings is 4. The van der Waals surface area contributed by atoms with Crippen molar-refractivity contribution in [2.45, 2.75) is 40.5 Å². The van der Waals surface area contributed by atoms with Gasteiger partial charge in [-0.3, -0.25) is 0 Å². The van der Waals surface area contributed by atoms with E-state index in [9.17, 15) is 0 Å². The third-order valence-corrected chi connectivity index (χ3v) is 5.68. The van der Waals surface area contributed by atoms with Crippen molar-refractivity contribution in [1.82, 2.24) is 0 Å². The first kappa shape index (κ1) is 18.5. The summed E-state index contributed by atoms with van der Waals surface area (Å²) in [5.41, 5.74) is 11.7. The molecule has 0 aromatic heterocycles. The summed E-state index contributed by atoms with van der Waals surface area (Å²) >= 11 is 0. The minimum absolute atomic E-state index is 1.06. The molecule has 140 valence electrons. The lowest BCUT2D eigenvalue weighted by Crippen LogP contribution is -1.86. The Morgan fingerprint density at radius 1 is 0.500 bits per heavy atom. The largest absolute Gasteiger partial charge is 0.0683 e. The molecule has 2 aliphatic carbocycles. The summed E-state index contributed by atoms with van der Waals surface area (Å²) in [6, 6.07) is 27.1. The van der Waals surface area contributed by atoms with Crippen LogP contribution in [0, 0.1) is 0 Å². The van der Waals surface area contributed by atoms with E-state index in [4.69, 9.17) is 0 Å². The SMILES string of the molecule is CC.CC.c1ccc2c(c1)Cc1cc3c(cc1-2)Cc1ccc2ccccc2c1-3. The topological polar surface area (TPSA) is 0 Å². The maximum Gasteiger partial charge on any atom is -0.00130 e. The second-order valence-electron chi connectivity index (χ2n) is 7.00. The normalized spacial score (nSPS) is 12.0. The Hall–Kier alpha value is -2.86. The van der Waals surface area contributed by atoms with Gasteiger partial charge in [-0.1, -0.05) is 88.4 Å². The van der Waals surface area contributed by atoms with Crippen molar-refractivity contribution >= 4 is 10.8 Å². The van der Waals surface area contributed by atoms with Gasteiger partial charge in [0, 0.05) is 0 Å². The summed E-state index contributed by atoms with van der Waals surface area (Å²) in [7, 11) is 0. The van der Waals surface area contributed by atoms with E-state index in [1.165, 1.54) is 55.3 Å².